The summed E-state index contributed by atoms with van der Waals surface area (Å²) in [6.45, 7) is 1.68. The number of thioether (sulfide) groups is 1. The maximum Gasteiger partial charge on any atom is 0.307 e. The van der Waals surface area contributed by atoms with Crippen molar-refractivity contribution in [3.8, 4) is 0 Å². The Balaban J connectivity index is 1.65. The fourth-order valence-electron chi connectivity index (χ4n) is 1.91. The quantitative estimate of drug-likeness (QED) is 0.622. The van der Waals surface area contributed by atoms with Crippen LogP contribution in [0.3, 0.4) is 0 Å². The van der Waals surface area contributed by atoms with Gasteiger partial charge in [-0.2, -0.15) is 0 Å². The Labute approximate surface area is 140 Å². The van der Waals surface area contributed by atoms with Crippen LogP contribution in [0.5, 0.6) is 0 Å². The number of anilines is 1. The molecule has 4 nitrogen and oxygen atoms in total. The summed E-state index contributed by atoms with van der Waals surface area (Å²) in [6, 6.07) is 17.3. The topological polar surface area (TPSA) is 55.4 Å². The molecule has 0 radical (unpaired) electrons. The highest BCUT2D eigenvalue weighted by Gasteiger charge is 2.08. The highest BCUT2D eigenvalue weighted by molar-refractivity contribution is 7.99. The Hall–Kier alpha value is -2.27. The standard InChI is InChI=1S/C18H19NO3S/c1-14-6-5-7-15(12-14)19-17(20)13-22-18(21)10-11-23-16-8-3-2-4-9-16/h2-9,12H,10-11,13H2,1H3,(H,19,20). The van der Waals surface area contributed by atoms with E-state index in [1.807, 2.05) is 55.5 Å². The van der Waals surface area contributed by atoms with Crippen LogP contribution in [0.15, 0.2) is 59.5 Å². The minimum Gasteiger partial charge on any atom is -0.456 e. The van der Waals surface area contributed by atoms with Gasteiger partial charge in [-0.25, -0.2) is 0 Å². The van der Waals surface area contributed by atoms with Gasteiger partial charge in [-0.3, -0.25) is 9.59 Å². The predicted octanol–water partition coefficient (Wildman–Crippen LogP) is 3.66. The summed E-state index contributed by atoms with van der Waals surface area (Å²) in [5, 5.41) is 2.70. The second kappa shape index (κ2) is 9.00. The molecule has 2 aromatic carbocycles. The predicted molar refractivity (Wildman–Crippen MR) is 92.6 cm³/mol. The minimum atomic E-state index is -0.368. The second-order valence-corrected chi connectivity index (χ2v) is 6.16. The van der Waals surface area contributed by atoms with E-state index in [0.717, 1.165) is 10.5 Å². The molecule has 5 heteroatoms. The van der Waals surface area contributed by atoms with E-state index in [0.29, 0.717) is 11.4 Å². The van der Waals surface area contributed by atoms with Crippen molar-refractivity contribution >= 4 is 29.3 Å². The van der Waals surface area contributed by atoms with E-state index < -0.39 is 0 Å². The first kappa shape index (κ1) is 17.1. The number of esters is 1. The number of rotatable bonds is 7. The molecule has 0 aliphatic heterocycles. The first-order valence-corrected chi connectivity index (χ1v) is 8.32. The van der Waals surface area contributed by atoms with E-state index in [2.05, 4.69) is 5.32 Å². The number of amides is 1. The zero-order valence-corrected chi connectivity index (χ0v) is 13.8. The molecule has 0 atom stereocenters. The van der Waals surface area contributed by atoms with Gasteiger partial charge in [0.05, 0.1) is 6.42 Å². The number of aryl methyl sites for hydroxylation is 1. The van der Waals surface area contributed by atoms with E-state index >= 15 is 0 Å². The average Bonchev–Trinajstić information content (AvgIpc) is 2.54. The fourth-order valence-corrected chi connectivity index (χ4v) is 2.76. The molecular formula is C18H19NO3S. The monoisotopic (exact) mass is 329 g/mol. The molecule has 0 aliphatic rings. The van der Waals surface area contributed by atoms with Crippen LogP contribution in [-0.4, -0.2) is 24.2 Å². The van der Waals surface area contributed by atoms with Crippen molar-refractivity contribution in [2.24, 2.45) is 0 Å². The van der Waals surface area contributed by atoms with Crippen LogP contribution in [-0.2, 0) is 14.3 Å². The first-order valence-electron chi connectivity index (χ1n) is 7.33. The summed E-state index contributed by atoms with van der Waals surface area (Å²) in [5.41, 5.74) is 1.75. The van der Waals surface area contributed by atoms with Gasteiger partial charge in [0.2, 0.25) is 0 Å². The fraction of sp³-hybridized carbons (Fsp3) is 0.222. The molecule has 0 aromatic heterocycles. The molecule has 2 aromatic rings. The molecular weight excluding hydrogens is 310 g/mol. The van der Waals surface area contributed by atoms with Crippen molar-refractivity contribution in [1.29, 1.82) is 0 Å². The van der Waals surface area contributed by atoms with Gasteiger partial charge in [0.15, 0.2) is 6.61 Å². The van der Waals surface area contributed by atoms with Crippen molar-refractivity contribution in [2.45, 2.75) is 18.2 Å². The number of nitrogens with one attached hydrogen (secondary N) is 1. The SMILES string of the molecule is Cc1cccc(NC(=O)COC(=O)CCSc2ccccc2)c1. The summed E-state index contributed by atoms with van der Waals surface area (Å²) in [6.07, 6.45) is 0.275. The number of hydrogen-bond acceptors (Lipinski definition) is 4. The molecule has 2 rings (SSSR count). The lowest BCUT2D eigenvalue weighted by Gasteiger charge is -2.07. The van der Waals surface area contributed by atoms with Gasteiger partial charge in [0.1, 0.15) is 0 Å². The molecule has 0 saturated heterocycles. The van der Waals surface area contributed by atoms with Crippen molar-refractivity contribution in [1.82, 2.24) is 0 Å². The Bertz CT molecular complexity index is 658. The molecule has 120 valence electrons. The highest BCUT2D eigenvalue weighted by Crippen LogP contribution is 2.17. The van der Waals surface area contributed by atoms with Crippen molar-refractivity contribution in [2.75, 3.05) is 17.7 Å². The van der Waals surface area contributed by atoms with Crippen molar-refractivity contribution < 1.29 is 14.3 Å². The highest BCUT2D eigenvalue weighted by atomic mass is 32.2. The van der Waals surface area contributed by atoms with E-state index in [-0.39, 0.29) is 24.9 Å². The van der Waals surface area contributed by atoms with E-state index in [1.54, 1.807) is 17.8 Å². The van der Waals surface area contributed by atoms with E-state index in [9.17, 15) is 9.59 Å². The van der Waals surface area contributed by atoms with Gasteiger partial charge < -0.3 is 10.1 Å². The van der Waals surface area contributed by atoms with Crippen LogP contribution >= 0.6 is 11.8 Å². The third-order valence-corrected chi connectivity index (χ3v) is 4.00. The summed E-state index contributed by atoms with van der Waals surface area (Å²) < 4.78 is 4.98. The van der Waals surface area contributed by atoms with E-state index in [1.165, 1.54) is 0 Å². The minimum absolute atomic E-state index is 0.261. The number of ether oxygens (including phenoxy) is 1. The smallest absolute Gasteiger partial charge is 0.307 e. The van der Waals surface area contributed by atoms with Crippen LogP contribution in [0, 0.1) is 6.92 Å². The lowest BCUT2D eigenvalue weighted by Crippen LogP contribution is -2.21. The second-order valence-electron chi connectivity index (χ2n) is 4.99. The van der Waals surface area contributed by atoms with Crippen molar-refractivity contribution in [3.63, 3.8) is 0 Å². The molecule has 0 bridgehead atoms. The first-order chi connectivity index (χ1) is 11.1. The van der Waals surface area contributed by atoms with Gasteiger partial charge in [-0.15, -0.1) is 11.8 Å². The normalized spacial score (nSPS) is 10.1. The van der Waals surface area contributed by atoms with Gasteiger partial charge in [0, 0.05) is 16.3 Å². The molecule has 0 heterocycles. The molecule has 0 spiro atoms. The maximum atomic E-state index is 11.7. The third kappa shape index (κ3) is 6.57. The zero-order chi connectivity index (χ0) is 16.5. The lowest BCUT2D eigenvalue weighted by atomic mass is 10.2. The van der Waals surface area contributed by atoms with Crippen LogP contribution in [0.2, 0.25) is 0 Å². The van der Waals surface area contributed by atoms with Crippen LogP contribution in [0.25, 0.3) is 0 Å². The molecule has 0 aliphatic carbocycles. The van der Waals surface area contributed by atoms with Crippen LogP contribution in [0.1, 0.15) is 12.0 Å². The number of carbonyl (C=O) groups excluding carboxylic acids is 2. The van der Waals surface area contributed by atoms with Gasteiger partial charge in [0.25, 0.3) is 5.91 Å². The number of carbonyl (C=O) groups is 2. The zero-order valence-electron chi connectivity index (χ0n) is 13.0. The molecule has 0 saturated carbocycles. The summed E-state index contributed by atoms with van der Waals surface area (Å²) in [7, 11) is 0. The van der Waals surface area contributed by atoms with Crippen LogP contribution in [0.4, 0.5) is 5.69 Å². The summed E-state index contributed by atoms with van der Waals surface area (Å²) in [4.78, 5) is 24.5. The number of hydrogen-bond donors (Lipinski definition) is 1. The lowest BCUT2D eigenvalue weighted by molar-refractivity contribution is -0.146. The largest absolute Gasteiger partial charge is 0.456 e. The summed E-state index contributed by atoms with van der Waals surface area (Å²) in [5.74, 6) is -0.0741. The Kier molecular flexibility index (Phi) is 6.69. The maximum absolute atomic E-state index is 11.7. The van der Waals surface area contributed by atoms with Gasteiger partial charge in [-0.1, -0.05) is 30.3 Å². The molecule has 0 fully saturated rings. The number of benzene rings is 2. The van der Waals surface area contributed by atoms with Gasteiger partial charge >= 0.3 is 5.97 Å². The average molecular weight is 329 g/mol. The Morgan fingerprint density at radius 2 is 1.87 bits per heavy atom. The van der Waals surface area contributed by atoms with Crippen molar-refractivity contribution in [3.05, 3.63) is 60.2 Å². The third-order valence-electron chi connectivity index (χ3n) is 2.98. The Morgan fingerprint density at radius 1 is 1.09 bits per heavy atom. The summed E-state index contributed by atoms with van der Waals surface area (Å²) >= 11 is 1.59. The Morgan fingerprint density at radius 3 is 2.61 bits per heavy atom. The molecule has 0 unspecified atom stereocenters. The van der Waals surface area contributed by atoms with E-state index in [4.69, 9.17) is 4.74 Å². The molecule has 1 N–H and O–H groups in total. The van der Waals surface area contributed by atoms with Gasteiger partial charge in [-0.05, 0) is 36.8 Å². The molecule has 1 amide bonds. The molecule has 23 heavy (non-hydrogen) atoms. The van der Waals surface area contributed by atoms with Crippen LogP contribution < -0.4 is 5.32 Å².